The Morgan fingerprint density at radius 3 is 2.86 bits per heavy atom. The van der Waals surface area contributed by atoms with E-state index in [-0.39, 0.29) is 18.4 Å². The van der Waals surface area contributed by atoms with Crippen LogP contribution in [0.15, 0.2) is 22.7 Å². The molecule has 2 rings (SSSR count). The van der Waals surface area contributed by atoms with E-state index in [1.165, 1.54) is 0 Å². The minimum absolute atomic E-state index is 0.00419. The van der Waals surface area contributed by atoms with E-state index in [2.05, 4.69) is 38.5 Å². The van der Waals surface area contributed by atoms with Crippen molar-refractivity contribution in [3.63, 3.8) is 0 Å². The minimum atomic E-state index is -0.802. The Labute approximate surface area is 146 Å². The maximum atomic E-state index is 12.8. The van der Waals surface area contributed by atoms with Crippen LogP contribution in [0.2, 0.25) is 0 Å². The van der Waals surface area contributed by atoms with Gasteiger partial charge in [-0.25, -0.2) is 0 Å². The number of carboxylic acids is 1. The number of piperidine rings is 1. The SMILES string of the molecule is O=C(O)CCC1CCCCN1C(=O)c1cc(I)ccc1Br. The van der Waals surface area contributed by atoms with Crippen molar-refractivity contribution in [2.45, 2.75) is 38.1 Å². The fraction of sp³-hybridized carbons (Fsp3) is 0.467. The number of aliphatic carboxylic acids is 1. The molecule has 0 radical (unpaired) electrons. The highest BCUT2D eigenvalue weighted by molar-refractivity contribution is 14.1. The number of likely N-dealkylation sites (tertiary alicyclic amines) is 1. The van der Waals surface area contributed by atoms with E-state index in [9.17, 15) is 9.59 Å². The minimum Gasteiger partial charge on any atom is -0.481 e. The summed E-state index contributed by atoms with van der Waals surface area (Å²) in [4.78, 5) is 25.4. The van der Waals surface area contributed by atoms with E-state index in [1.807, 2.05) is 23.1 Å². The smallest absolute Gasteiger partial charge is 0.303 e. The number of hydrogen-bond acceptors (Lipinski definition) is 2. The van der Waals surface area contributed by atoms with Gasteiger partial charge in [-0.2, -0.15) is 0 Å². The van der Waals surface area contributed by atoms with Crippen molar-refractivity contribution in [1.82, 2.24) is 4.90 Å². The van der Waals surface area contributed by atoms with Crippen molar-refractivity contribution < 1.29 is 14.7 Å². The monoisotopic (exact) mass is 465 g/mol. The molecule has 1 unspecified atom stereocenters. The Bertz CT molecular complexity index is 550. The van der Waals surface area contributed by atoms with Gasteiger partial charge in [-0.3, -0.25) is 9.59 Å². The zero-order valence-corrected chi connectivity index (χ0v) is 15.3. The van der Waals surface area contributed by atoms with Gasteiger partial charge in [0.25, 0.3) is 5.91 Å². The number of carbonyl (C=O) groups excluding carboxylic acids is 1. The van der Waals surface area contributed by atoms with Crippen LogP contribution in [0.4, 0.5) is 0 Å². The Hall–Kier alpha value is -0.630. The van der Waals surface area contributed by atoms with Gasteiger partial charge in [-0.15, -0.1) is 0 Å². The number of halogens is 2. The molecule has 1 atom stereocenters. The fourth-order valence-corrected chi connectivity index (χ4v) is 3.58. The maximum absolute atomic E-state index is 12.8. The number of rotatable bonds is 4. The molecule has 1 aliphatic rings. The van der Waals surface area contributed by atoms with Gasteiger partial charge >= 0.3 is 5.97 Å². The fourth-order valence-electron chi connectivity index (χ4n) is 2.67. The van der Waals surface area contributed by atoms with E-state index in [0.717, 1.165) is 27.3 Å². The Kier molecular flexibility index (Phi) is 6.04. The number of benzene rings is 1. The molecule has 1 aliphatic heterocycles. The second-order valence-corrected chi connectivity index (χ2v) is 7.30. The highest BCUT2D eigenvalue weighted by Gasteiger charge is 2.28. The molecule has 0 aromatic heterocycles. The number of amides is 1. The molecule has 21 heavy (non-hydrogen) atoms. The van der Waals surface area contributed by atoms with Crippen molar-refractivity contribution in [3.8, 4) is 0 Å². The first kappa shape index (κ1) is 16.7. The predicted molar refractivity (Wildman–Crippen MR) is 92.4 cm³/mol. The lowest BCUT2D eigenvalue weighted by molar-refractivity contribution is -0.137. The topological polar surface area (TPSA) is 57.6 Å². The third kappa shape index (κ3) is 4.42. The van der Waals surface area contributed by atoms with Crippen molar-refractivity contribution in [2.75, 3.05) is 6.54 Å². The summed E-state index contributed by atoms with van der Waals surface area (Å²) in [7, 11) is 0. The number of nitrogens with zero attached hydrogens (tertiary/aromatic N) is 1. The number of carbonyl (C=O) groups is 2. The average Bonchev–Trinajstić information content (AvgIpc) is 2.47. The Morgan fingerprint density at radius 1 is 1.38 bits per heavy atom. The molecule has 0 spiro atoms. The molecule has 0 saturated carbocycles. The van der Waals surface area contributed by atoms with Crippen LogP contribution in [0.25, 0.3) is 0 Å². The van der Waals surface area contributed by atoms with E-state index in [4.69, 9.17) is 5.11 Å². The average molecular weight is 466 g/mol. The quantitative estimate of drug-likeness (QED) is 0.686. The molecule has 6 heteroatoms. The third-order valence-electron chi connectivity index (χ3n) is 3.74. The van der Waals surface area contributed by atoms with Gasteiger partial charge in [0.2, 0.25) is 0 Å². The van der Waals surface area contributed by atoms with Crippen LogP contribution in [0.5, 0.6) is 0 Å². The molecule has 114 valence electrons. The molecular formula is C15H17BrINO3. The van der Waals surface area contributed by atoms with Crippen LogP contribution < -0.4 is 0 Å². The summed E-state index contributed by atoms with van der Waals surface area (Å²) in [6.45, 7) is 0.709. The molecule has 1 saturated heterocycles. The summed E-state index contributed by atoms with van der Waals surface area (Å²) in [5.74, 6) is -0.807. The molecule has 1 fully saturated rings. The van der Waals surface area contributed by atoms with Crippen molar-refractivity contribution >= 4 is 50.4 Å². The molecule has 1 amide bonds. The standard InChI is InChI=1S/C15H17BrINO3/c16-13-6-4-10(17)9-12(13)15(21)18-8-2-1-3-11(18)5-7-14(19)20/h4,6,9,11H,1-3,5,7-8H2,(H,19,20). The van der Waals surface area contributed by atoms with Gasteiger partial charge in [0.1, 0.15) is 0 Å². The van der Waals surface area contributed by atoms with E-state index in [1.54, 1.807) is 0 Å². The van der Waals surface area contributed by atoms with Gasteiger partial charge in [-0.05, 0) is 82.4 Å². The summed E-state index contributed by atoms with van der Waals surface area (Å²) < 4.78 is 1.80. The van der Waals surface area contributed by atoms with Crippen LogP contribution >= 0.6 is 38.5 Å². The molecule has 1 heterocycles. The zero-order valence-electron chi connectivity index (χ0n) is 11.5. The van der Waals surface area contributed by atoms with Crippen molar-refractivity contribution in [3.05, 3.63) is 31.8 Å². The highest BCUT2D eigenvalue weighted by atomic mass is 127. The van der Waals surface area contributed by atoms with E-state index < -0.39 is 5.97 Å². The van der Waals surface area contributed by atoms with Crippen LogP contribution in [0.1, 0.15) is 42.5 Å². The van der Waals surface area contributed by atoms with Gasteiger partial charge in [0, 0.05) is 27.1 Å². The first-order valence-corrected chi connectivity index (χ1v) is 8.84. The van der Waals surface area contributed by atoms with Crippen LogP contribution in [-0.2, 0) is 4.79 Å². The van der Waals surface area contributed by atoms with Crippen molar-refractivity contribution in [1.29, 1.82) is 0 Å². The summed E-state index contributed by atoms with van der Waals surface area (Å²) in [6.07, 6.45) is 3.57. The molecule has 0 aliphatic carbocycles. The Balaban J connectivity index is 2.18. The Morgan fingerprint density at radius 2 is 2.14 bits per heavy atom. The molecule has 4 nitrogen and oxygen atoms in total. The first-order chi connectivity index (χ1) is 9.99. The van der Waals surface area contributed by atoms with Gasteiger partial charge < -0.3 is 10.0 Å². The lowest BCUT2D eigenvalue weighted by atomic mass is 9.97. The molecule has 1 N–H and O–H groups in total. The maximum Gasteiger partial charge on any atom is 0.303 e. The zero-order chi connectivity index (χ0) is 15.4. The highest BCUT2D eigenvalue weighted by Crippen LogP contribution is 2.27. The number of carboxylic acid groups (broad SMARTS) is 1. The van der Waals surface area contributed by atoms with Gasteiger partial charge in [0.05, 0.1) is 5.56 Å². The lowest BCUT2D eigenvalue weighted by Crippen LogP contribution is -2.44. The molecule has 1 aromatic rings. The third-order valence-corrected chi connectivity index (χ3v) is 5.10. The molecular weight excluding hydrogens is 449 g/mol. The number of hydrogen-bond donors (Lipinski definition) is 1. The second-order valence-electron chi connectivity index (χ2n) is 5.20. The normalized spacial score (nSPS) is 18.6. The van der Waals surface area contributed by atoms with Crippen molar-refractivity contribution in [2.24, 2.45) is 0 Å². The largest absolute Gasteiger partial charge is 0.481 e. The first-order valence-electron chi connectivity index (χ1n) is 6.97. The second kappa shape index (κ2) is 7.58. The summed E-state index contributed by atoms with van der Waals surface area (Å²) >= 11 is 5.62. The summed E-state index contributed by atoms with van der Waals surface area (Å²) in [6, 6.07) is 5.73. The van der Waals surface area contributed by atoms with Crippen LogP contribution in [0.3, 0.4) is 0 Å². The van der Waals surface area contributed by atoms with E-state index >= 15 is 0 Å². The lowest BCUT2D eigenvalue weighted by Gasteiger charge is -2.36. The summed E-state index contributed by atoms with van der Waals surface area (Å²) in [5.41, 5.74) is 0.657. The van der Waals surface area contributed by atoms with Gasteiger partial charge in [-0.1, -0.05) is 0 Å². The predicted octanol–water partition coefficient (Wildman–Crippen LogP) is 3.91. The molecule has 0 bridgehead atoms. The molecule has 1 aromatic carbocycles. The van der Waals surface area contributed by atoms with Crippen LogP contribution in [0, 0.1) is 3.57 Å². The summed E-state index contributed by atoms with van der Waals surface area (Å²) in [5, 5.41) is 8.85. The van der Waals surface area contributed by atoms with Crippen LogP contribution in [-0.4, -0.2) is 34.5 Å². The van der Waals surface area contributed by atoms with E-state index in [0.29, 0.717) is 18.5 Å². The van der Waals surface area contributed by atoms with Gasteiger partial charge in [0.15, 0.2) is 0 Å².